The van der Waals surface area contributed by atoms with Crippen LogP contribution in [0.1, 0.15) is 25.3 Å². The predicted octanol–water partition coefficient (Wildman–Crippen LogP) is 4.92. The van der Waals surface area contributed by atoms with E-state index in [4.69, 9.17) is 11.2 Å². The zero-order valence-corrected chi connectivity index (χ0v) is 18.5. The summed E-state index contributed by atoms with van der Waals surface area (Å²) in [5.74, 6) is 3.15. The average molecular weight is 442 g/mol. The second-order valence-electron chi connectivity index (χ2n) is 8.45. The van der Waals surface area contributed by atoms with Crippen molar-refractivity contribution in [2.24, 2.45) is 5.92 Å². The molecule has 3 heterocycles. The summed E-state index contributed by atoms with van der Waals surface area (Å²) in [6.45, 7) is 3.84. The molecule has 0 unspecified atom stereocenters. The molecule has 0 aliphatic carbocycles. The van der Waals surface area contributed by atoms with Gasteiger partial charge in [0.15, 0.2) is 5.82 Å². The van der Waals surface area contributed by atoms with Crippen LogP contribution in [0.15, 0.2) is 36.5 Å². The van der Waals surface area contributed by atoms with E-state index in [1.807, 2.05) is 6.07 Å². The van der Waals surface area contributed by atoms with Gasteiger partial charge in [-0.05, 0) is 42.3 Å². The first-order valence-corrected chi connectivity index (χ1v) is 10.9. The molecular formula is C26H23FN4O2. The van der Waals surface area contributed by atoms with E-state index in [0.717, 1.165) is 25.9 Å². The van der Waals surface area contributed by atoms with Gasteiger partial charge in [0, 0.05) is 35.8 Å². The van der Waals surface area contributed by atoms with Gasteiger partial charge >= 0.3 is 6.01 Å². The van der Waals surface area contributed by atoms with Crippen molar-refractivity contribution < 1.29 is 14.2 Å². The summed E-state index contributed by atoms with van der Waals surface area (Å²) in [4.78, 5) is 15.5. The minimum atomic E-state index is -0.613. The molecule has 33 heavy (non-hydrogen) atoms. The zero-order chi connectivity index (χ0) is 23.1. The molecule has 0 amide bonds. The third-order valence-corrected chi connectivity index (χ3v) is 6.15. The van der Waals surface area contributed by atoms with Crippen LogP contribution in [0.2, 0.25) is 0 Å². The highest BCUT2D eigenvalue weighted by atomic mass is 19.1. The maximum atomic E-state index is 16.0. The Morgan fingerprint density at radius 3 is 2.88 bits per heavy atom. The second-order valence-corrected chi connectivity index (χ2v) is 8.45. The van der Waals surface area contributed by atoms with Crippen molar-refractivity contribution in [3.63, 3.8) is 0 Å². The van der Waals surface area contributed by atoms with Crippen LogP contribution in [-0.4, -0.2) is 40.3 Å². The van der Waals surface area contributed by atoms with Crippen molar-refractivity contribution in [2.75, 3.05) is 25.1 Å². The van der Waals surface area contributed by atoms with Crippen molar-refractivity contribution in [2.45, 2.75) is 19.8 Å². The molecule has 2 aromatic heterocycles. The number of rotatable bonds is 3. The molecule has 1 N–H and O–H groups in total. The van der Waals surface area contributed by atoms with Gasteiger partial charge in [-0.1, -0.05) is 25.0 Å². The van der Waals surface area contributed by atoms with E-state index in [0.29, 0.717) is 39.0 Å². The normalized spacial score (nSPS) is 16.2. The number of hydrogen-bond donors (Lipinski definition) is 1. The number of hydrogen-bond acceptors (Lipinski definition) is 6. The number of halogens is 1. The average Bonchev–Trinajstić information content (AvgIpc) is 2.82. The van der Waals surface area contributed by atoms with Crippen LogP contribution < -0.4 is 9.64 Å². The summed E-state index contributed by atoms with van der Waals surface area (Å²) in [6, 6.07) is 8.57. The number of anilines is 1. The lowest BCUT2D eigenvalue weighted by Gasteiger charge is -2.32. The zero-order valence-electron chi connectivity index (χ0n) is 18.5. The lowest BCUT2D eigenvalue weighted by atomic mass is 9.96. The molecule has 6 nitrogen and oxygen atoms in total. The van der Waals surface area contributed by atoms with Crippen molar-refractivity contribution in [3.05, 3.63) is 47.9 Å². The summed E-state index contributed by atoms with van der Waals surface area (Å²) in [5.41, 5.74) is 1.18. The third kappa shape index (κ3) is 3.58. The van der Waals surface area contributed by atoms with Crippen LogP contribution in [0.5, 0.6) is 11.8 Å². The molecule has 1 aliphatic rings. The number of fused-ring (bicyclic) bond motifs is 2. The molecule has 1 atom stereocenters. The van der Waals surface area contributed by atoms with E-state index in [1.165, 1.54) is 13.2 Å². The van der Waals surface area contributed by atoms with Crippen LogP contribution >= 0.6 is 0 Å². The predicted molar refractivity (Wildman–Crippen MR) is 127 cm³/mol. The summed E-state index contributed by atoms with van der Waals surface area (Å²) in [7, 11) is 1.46. The molecule has 4 aromatic rings. The van der Waals surface area contributed by atoms with E-state index in [1.54, 1.807) is 24.4 Å². The Labute approximate surface area is 191 Å². The molecule has 5 rings (SSSR count). The van der Waals surface area contributed by atoms with Gasteiger partial charge in [-0.2, -0.15) is 9.97 Å². The molecule has 7 heteroatoms. The van der Waals surface area contributed by atoms with Gasteiger partial charge in [0.1, 0.15) is 22.8 Å². The maximum absolute atomic E-state index is 16.0. The molecule has 1 aliphatic heterocycles. The molecule has 0 bridgehead atoms. The molecule has 0 radical (unpaired) electrons. The van der Waals surface area contributed by atoms with E-state index in [9.17, 15) is 5.11 Å². The van der Waals surface area contributed by atoms with Gasteiger partial charge in [0.05, 0.1) is 12.5 Å². The largest absolute Gasteiger partial charge is 0.508 e. The first-order valence-electron chi connectivity index (χ1n) is 10.9. The van der Waals surface area contributed by atoms with E-state index < -0.39 is 5.82 Å². The van der Waals surface area contributed by atoms with Gasteiger partial charge in [-0.15, -0.1) is 6.42 Å². The minimum absolute atomic E-state index is 0.00349. The van der Waals surface area contributed by atoms with Gasteiger partial charge in [-0.25, -0.2) is 4.39 Å². The highest BCUT2D eigenvalue weighted by Crippen LogP contribution is 2.38. The Morgan fingerprint density at radius 2 is 2.12 bits per heavy atom. The number of phenolic OH excluding ortho intramolecular Hbond substituents is 1. The number of methoxy groups -OCH3 is 1. The van der Waals surface area contributed by atoms with Crippen LogP contribution in [0.25, 0.3) is 32.9 Å². The number of terminal acetylenes is 1. The highest BCUT2D eigenvalue weighted by Gasteiger charge is 2.24. The quantitative estimate of drug-likeness (QED) is 0.455. The SMILES string of the molecule is C#Cc1cccc2cc(O)cc(-c3ncc4c(N5CCC[C@H](C)C5)nc(OC)nc4c3F)c12. The number of pyridine rings is 1. The maximum Gasteiger partial charge on any atom is 0.318 e. The monoisotopic (exact) mass is 442 g/mol. The topological polar surface area (TPSA) is 71.4 Å². The number of ether oxygens (including phenoxy) is 1. The van der Waals surface area contributed by atoms with Crippen molar-refractivity contribution in [1.82, 2.24) is 15.0 Å². The molecule has 1 saturated heterocycles. The lowest BCUT2D eigenvalue weighted by Crippen LogP contribution is -2.35. The van der Waals surface area contributed by atoms with E-state index >= 15 is 4.39 Å². The Bertz CT molecular complexity index is 1430. The fourth-order valence-electron chi connectivity index (χ4n) is 4.64. The molecular weight excluding hydrogens is 419 g/mol. The van der Waals surface area contributed by atoms with Crippen LogP contribution in [0.3, 0.4) is 0 Å². The van der Waals surface area contributed by atoms with E-state index in [-0.39, 0.29) is 23.0 Å². The fraction of sp³-hybridized carbons (Fsp3) is 0.269. The van der Waals surface area contributed by atoms with Gasteiger partial charge in [0.2, 0.25) is 0 Å². The molecule has 166 valence electrons. The first kappa shape index (κ1) is 21.0. The van der Waals surface area contributed by atoms with E-state index in [2.05, 4.69) is 32.7 Å². The van der Waals surface area contributed by atoms with Gasteiger partial charge in [0.25, 0.3) is 0 Å². The number of phenols is 1. The Kier molecular flexibility index (Phi) is 5.21. The van der Waals surface area contributed by atoms with Gasteiger partial charge < -0.3 is 14.7 Å². The fourth-order valence-corrected chi connectivity index (χ4v) is 4.64. The van der Waals surface area contributed by atoms with Crippen LogP contribution in [0, 0.1) is 24.1 Å². The summed E-state index contributed by atoms with van der Waals surface area (Å²) in [6.07, 6.45) is 9.49. The minimum Gasteiger partial charge on any atom is -0.508 e. The first-order chi connectivity index (χ1) is 16.0. The molecule has 1 fully saturated rings. The summed E-state index contributed by atoms with van der Waals surface area (Å²) in [5, 5.41) is 12.2. The smallest absolute Gasteiger partial charge is 0.318 e. The Morgan fingerprint density at radius 1 is 1.27 bits per heavy atom. The number of benzene rings is 2. The van der Waals surface area contributed by atoms with Crippen molar-refractivity contribution in [3.8, 4) is 35.4 Å². The highest BCUT2D eigenvalue weighted by molar-refractivity contribution is 6.02. The summed E-state index contributed by atoms with van der Waals surface area (Å²) < 4.78 is 21.3. The summed E-state index contributed by atoms with van der Waals surface area (Å²) >= 11 is 0. The number of aromatic nitrogens is 3. The number of piperidine rings is 1. The Balaban J connectivity index is 1.78. The molecule has 0 saturated carbocycles. The van der Waals surface area contributed by atoms with Crippen LogP contribution in [-0.2, 0) is 0 Å². The third-order valence-electron chi connectivity index (χ3n) is 6.15. The Hall–Kier alpha value is -3.92. The van der Waals surface area contributed by atoms with Crippen molar-refractivity contribution >= 4 is 27.5 Å². The van der Waals surface area contributed by atoms with Crippen LogP contribution in [0.4, 0.5) is 10.2 Å². The second kappa shape index (κ2) is 8.21. The lowest BCUT2D eigenvalue weighted by molar-refractivity contribution is 0.379. The molecule has 0 spiro atoms. The van der Waals surface area contributed by atoms with Gasteiger partial charge in [-0.3, -0.25) is 4.98 Å². The number of aromatic hydroxyl groups is 1. The molecule has 2 aromatic carbocycles. The standard InChI is InChI=1S/C26H23FN4O2/c1-4-16-8-5-9-17-11-18(32)12-19(21(16)17)23-22(27)24-20(13-28-23)25(30-26(29-24)33-3)31-10-6-7-15(2)14-31/h1,5,8-9,11-13,15,32H,6-7,10,14H2,2-3H3/t15-/m0/s1. The number of nitrogens with zero attached hydrogens (tertiary/aromatic N) is 4. The van der Waals surface area contributed by atoms with Crippen molar-refractivity contribution in [1.29, 1.82) is 0 Å².